The fraction of sp³-hybridized carbons (Fsp3) is 0.458. The summed E-state index contributed by atoms with van der Waals surface area (Å²) >= 11 is 0. The predicted octanol–water partition coefficient (Wildman–Crippen LogP) is 2.68. The molecule has 9 heteroatoms. The van der Waals surface area contributed by atoms with Gasteiger partial charge in [-0.25, -0.2) is 9.97 Å². The van der Waals surface area contributed by atoms with Crippen LogP contribution in [0.1, 0.15) is 13.8 Å². The van der Waals surface area contributed by atoms with Crippen LogP contribution in [-0.2, 0) is 11.3 Å². The predicted molar refractivity (Wildman–Crippen MR) is 129 cm³/mol. The lowest BCUT2D eigenvalue weighted by atomic mass is 10.1. The molecule has 1 aromatic carbocycles. The average Bonchev–Trinajstić information content (AvgIpc) is 3.26. The highest BCUT2D eigenvalue weighted by Gasteiger charge is 2.12. The molecule has 3 aromatic rings. The molecule has 0 fully saturated rings. The van der Waals surface area contributed by atoms with Crippen molar-refractivity contribution in [2.24, 2.45) is 5.92 Å². The second-order valence-electron chi connectivity index (χ2n) is 8.28. The first kappa shape index (κ1) is 24.6. The van der Waals surface area contributed by atoms with Gasteiger partial charge in [-0.3, -0.25) is 4.68 Å². The Kier molecular flexibility index (Phi) is 9.17. The SMILES string of the molecule is CNCC(O)COc1cccc(-c2nc(NCCOC)cc(-c3cnn(CC(C)C)c3)n2)c1. The minimum Gasteiger partial charge on any atom is -0.491 e. The number of benzene rings is 1. The first-order chi connectivity index (χ1) is 16.0. The normalized spacial score (nSPS) is 12.2. The van der Waals surface area contributed by atoms with E-state index >= 15 is 0 Å². The van der Waals surface area contributed by atoms with Gasteiger partial charge in [0.05, 0.1) is 18.5 Å². The van der Waals surface area contributed by atoms with Crippen molar-refractivity contribution in [1.82, 2.24) is 25.1 Å². The molecule has 178 valence electrons. The Morgan fingerprint density at radius 1 is 1.15 bits per heavy atom. The highest BCUT2D eigenvalue weighted by Crippen LogP contribution is 2.26. The number of rotatable bonds is 13. The minimum atomic E-state index is -0.586. The monoisotopic (exact) mass is 454 g/mol. The Morgan fingerprint density at radius 3 is 2.76 bits per heavy atom. The van der Waals surface area contributed by atoms with Gasteiger partial charge in [0.1, 0.15) is 24.3 Å². The molecule has 0 bridgehead atoms. The number of anilines is 1. The summed E-state index contributed by atoms with van der Waals surface area (Å²) in [4.78, 5) is 9.51. The van der Waals surface area contributed by atoms with Crippen LogP contribution in [0.4, 0.5) is 5.82 Å². The van der Waals surface area contributed by atoms with Gasteiger partial charge in [-0.15, -0.1) is 0 Å². The maximum Gasteiger partial charge on any atom is 0.162 e. The van der Waals surface area contributed by atoms with Crippen molar-refractivity contribution in [3.8, 4) is 28.4 Å². The van der Waals surface area contributed by atoms with Gasteiger partial charge in [0.25, 0.3) is 0 Å². The van der Waals surface area contributed by atoms with Crippen LogP contribution < -0.4 is 15.4 Å². The van der Waals surface area contributed by atoms with Crippen molar-refractivity contribution in [2.45, 2.75) is 26.5 Å². The molecule has 0 aliphatic heterocycles. The van der Waals surface area contributed by atoms with Crippen molar-refractivity contribution in [3.05, 3.63) is 42.7 Å². The highest BCUT2D eigenvalue weighted by molar-refractivity contribution is 5.67. The van der Waals surface area contributed by atoms with E-state index in [2.05, 4.69) is 29.6 Å². The molecule has 3 N–H and O–H groups in total. The van der Waals surface area contributed by atoms with E-state index in [0.717, 1.165) is 23.4 Å². The third-order valence-corrected chi connectivity index (χ3v) is 4.79. The summed E-state index contributed by atoms with van der Waals surface area (Å²) in [5.74, 6) is 2.43. The Hall–Kier alpha value is -3.01. The lowest BCUT2D eigenvalue weighted by Crippen LogP contribution is -2.29. The molecule has 2 heterocycles. The van der Waals surface area contributed by atoms with Crippen molar-refractivity contribution < 1.29 is 14.6 Å². The largest absolute Gasteiger partial charge is 0.491 e. The Labute approximate surface area is 195 Å². The van der Waals surface area contributed by atoms with Crippen molar-refractivity contribution in [1.29, 1.82) is 0 Å². The minimum absolute atomic E-state index is 0.198. The number of aromatic nitrogens is 4. The molecule has 9 nitrogen and oxygen atoms in total. The molecule has 2 aromatic heterocycles. The van der Waals surface area contributed by atoms with Gasteiger partial charge in [0, 0.05) is 50.1 Å². The Bertz CT molecular complexity index is 1010. The third-order valence-electron chi connectivity index (χ3n) is 4.79. The molecule has 0 saturated carbocycles. The van der Waals surface area contributed by atoms with Gasteiger partial charge in [-0.05, 0) is 25.1 Å². The molecule has 1 atom stereocenters. The highest BCUT2D eigenvalue weighted by atomic mass is 16.5. The summed E-state index contributed by atoms with van der Waals surface area (Å²) < 4.78 is 12.8. The van der Waals surface area contributed by atoms with Crippen molar-refractivity contribution >= 4 is 5.82 Å². The molecule has 33 heavy (non-hydrogen) atoms. The van der Waals surface area contributed by atoms with Crippen LogP contribution >= 0.6 is 0 Å². The molecule has 3 rings (SSSR count). The Morgan fingerprint density at radius 2 is 2.00 bits per heavy atom. The van der Waals surface area contributed by atoms with E-state index in [1.165, 1.54) is 0 Å². The molecule has 0 saturated heterocycles. The zero-order valence-corrected chi connectivity index (χ0v) is 19.8. The van der Waals surface area contributed by atoms with Crippen LogP contribution in [0.3, 0.4) is 0 Å². The topological polar surface area (TPSA) is 106 Å². The number of nitrogens with one attached hydrogen (secondary N) is 2. The van der Waals surface area contributed by atoms with E-state index in [-0.39, 0.29) is 6.61 Å². The van der Waals surface area contributed by atoms with E-state index < -0.39 is 6.10 Å². The van der Waals surface area contributed by atoms with Crippen LogP contribution in [0.2, 0.25) is 0 Å². The van der Waals surface area contributed by atoms with Crippen molar-refractivity contribution in [3.63, 3.8) is 0 Å². The van der Waals surface area contributed by atoms with Crippen LogP contribution in [0, 0.1) is 5.92 Å². The van der Waals surface area contributed by atoms with Gasteiger partial charge < -0.3 is 25.2 Å². The number of hydrogen-bond donors (Lipinski definition) is 3. The summed E-state index contributed by atoms with van der Waals surface area (Å²) in [5, 5.41) is 20.6. The van der Waals surface area contributed by atoms with E-state index in [1.54, 1.807) is 14.2 Å². The third kappa shape index (κ3) is 7.52. The lowest BCUT2D eigenvalue weighted by molar-refractivity contribution is 0.108. The summed E-state index contributed by atoms with van der Waals surface area (Å²) in [6, 6.07) is 9.49. The zero-order valence-electron chi connectivity index (χ0n) is 19.8. The summed E-state index contributed by atoms with van der Waals surface area (Å²) in [7, 11) is 3.46. The van der Waals surface area contributed by atoms with Crippen LogP contribution in [-0.4, -0.2) is 71.4 Å². The quantitative estimate of drug-likeness (QED) is 0.339. The van der Waals surface area contributed by atoms with Crippen LogP contribution in [0.5, 0.6) is 5.75 Å². The molecular weight excluding hydrogens is 420 g/mol. The Balaban J connectivity index is 1.89. The number of hydrogen-bond acceptors (Lipinski definition) is 8. The van der Waals surface area contributed by atoms with Gasteiger partial charge in [-0.2, -0.15) is 5.10 Å². The summed E-state index contributed by atoms with van der Waals surface area (Å²) in [6.45, 7) is 7.03. The van der Waals surface area contributed by atoms with Gasteiger partial charge in [-0.1, -0.05) is 26.0 Å². The molecule has 0 aliphatic carbocycles. The van der Waals surface area contributed by atoms with E-state index in [4.69, 9.17) is 19.4 Å². The summed E-state index contributed by atoms with van der Waals surface area (Å²) in [5.41, 5.74) is 2.53. The maximum absolute atomic E-state index is 9.92. The van der Waals surface area contributed by atoms with Gasteiger partial charge in [0.2, 0.25) is 0 Å². The molecule has 1 unspecified atom stereocenters. The fourth-order valence-corrected chi connectivity index (χ4v) is 3.28. The fourth-order valence-electron chi connectivity index (χ4n) is 3.28. The lowest BCUT2D eigenvalue weighted by Gasteiger charge is -2.13. The smallest absolute Gasteiger partial charge is 0.162 e. The molecule has 0 aliphatic rings. The number of likely N-dealkylation sites (N-methyl/N-ethyl adjacent to an activating group) is 1. The second-order valence-corrected chi connectivity index (χ2v) is 8.28. The van der Waals surface area contributed by atoms with E-state index in [0.29, 0.717) is 43.0 Å². The van der Waals surface area contributed by atoms with E-state index in [9.17, 15) is 5.11 Å². The number of aliphatic hydroxyl groups excluding tert-OH is 1. The van der Waals surface area contributed by atoms with Crippen molar-refractivity contribution in [2.75, 3.05) is 45.8 Å². The number of aliphatic hydroxyl groups is 1. The molecule has 0 radical (unpaired) electrons. The number of methoxy groups -OCH3 is 1. The standard InChI is InChI=1S/C24H34N6O3/c1-17(2)14-30-15-19(12-27-30)22-11-23(26-8-9-32-4)29-24(28-22)18-6-5-7-21(10-18)33-16-20(31)13-25-3/h5-7,10-12,15,17,20,25,31H,8-9,13-14,16H2,1-4H3,(H,26,28,29). The van der Waals surface area contributed by atoms with Gasteiger partial charge in [0.15, 0.2) is 5.82 Å². The maximum atomic E-state index is 9.92. The molecule has 0 amide bonds. The second kappa shape index (κ2) is 12.3. The number of nitrogens with zero attached hydrogens (tertiary/aromatic N) is 4. The zero-order chi connectivity index (χ0) is 23.6. The van der Waals surface area contributed by atoms with Crippen LogP contribution in [0.15, 0.2) is 42.7 Å². The number of ether oxygens (including phenoxy) is 2. The first-order valence-corrected chi connectivity index (χ1v) is 11.2. The van der Waals surface area contributed by atoms with E-state index in [1.807, 2.05) is 47.4 Å². The first-order valence-electron chi connectivity index (χ1n) is 11.2. The average molecular weight is 455 g/mol. The summed E-state index contributed by atoms with van der Waals surface area (Å²) in [6.07, 6.45) is 3.25. The molecule has 0 spiro atoms. The van der Waals surface area contributed by atoms with Gasteiger partial charge >= 0.3 is 0 Å². The van der Waals surface area contributed by atoms with Crippen LogP contribution in [0.25, 0.3) is 22.6 Å². The molecular formula is C24H34N6O3.